The fraction of sp³-hybridized carbons (Fsp3) is 0.556. The Morgan fingerprint density at radius 3 is 2.78 bits per heavy atom. The molecular formula is C18H25N3O5S. The molecule has 1 heterocycles. The summed E-state index contributed by atoms with van der Waals surface area (Å²) in [6, 6.07) is 6.63. The van der Waals surface area contributed by atoms with Crippen molar-refractivity contribution in [2.45, 2.75) is 32.2 Å². The number of nitrogens with zero attached hydrogens (tertiary/aromatic N) is 2. The van der Waals surface area contributed by atoms with Gasteiger partial charge < -0.3 is 14.4 Å². The fourth-order valence-electron chi connectivity index (χ4n) is 2.98. The molecule has 1 saturated heterocycles. The second kappa shape index (κ2) is 9.58. The lowest BCUT2D eigenvalue weighted by Gasteiger charge is -2.35. The van der Waals surface area contributed by atoms with Gasteiger partial charge in [-0.1, -0.05) is 0 Å². The second-order valence-electron chi connectivity index (χ2n) is 6.35. The molecule has 1 fully saturated rings. The third kappa shape index (κ3) is 6.41. The minimum Gasteiger partial charge on any atom is -0.490 e. The number of carbonyl (C=O) groups excluding carboxylic acids is 1. The number of sulfonamides is 1. The molecule has 1 amide bonds. The molecule has 1 unspecified atom stereocenters. The predicted octanol–water partition coefficient (Wildman–Crippen LogP) is 1.27. The van der Waals surface area contributed by atoms with Gasteiger partial charge in [-0.15, -0.1) is 0 Å². The Morgan fingerprint density at radius 2 is 2.11 bits per heavy atom. The molecule has 0 spiro atoms. The van der Waals surface area contributed by atoms with Crippen molar-refractivity contribution < 1.29 is 22.7 Å². The molecule has 0 bridgehead atoms. The van der Waals surface area contributed by atoms with Gasteiger partial charge in [-0.05, 0) is 38.3 Å². The molecule has 0 saturated carbocycles. The molecule has 27 heavy (non-hydrogen) atoms. The number of rotatable bonds is 8. The van der Waals surface area contributed by atoms with Crippen molar-refractivity contribution in [3.63, 3.8) is 0 Å². The fourth-order valence-corrected chi connectivity index (χ4v) is 3.47. The van der Waals surface area contributed by atoms with Crippen molar-refractivity contribution >= 4 is 15.9 Å². The number of nitrogens with one attached hydrogen (secondary N) is 1. The monoisotopic (exact) mass is 395 g/mol. The summed E-state index contributed by atoms with van der Waals surface area (Å²) >= 11 is 0. The molecule has 0 radical (unpaired) electrons. The standard InChI is InChI=1S/C18H25N3O5S/c1-3-25-17-10-14(11-19)7-8-16(17)26-13-18(22)21-9-5-4-6-15(21)12-20-27(2,23)24/h7-8,10,15,20H,3-6,9,12-13H2,1-2H3. The van der Waals surface area contributed by atoms with E-state index in [2.05, 4.69) is 4.72 Å². The average molecular weight is 395 g/mol. The second-order valence-corrected chi connectivity index (χ2v) is 8.19. The third-order valence-corrected chi connectivity index (χ3v) is 4.94. The van der Waals surface area contributed by atoms with Crippen molar-refractivity contribution in [3.8, 4) is 17.6 Å². The van der Waals surface area contributed by atoms with E-state index in [1.165, 1.54) is 0 Å². The molecule has 1 aliphatic heterocycles. The number of ether oxygens (including phenoxy) is 2. The zero-order chi connectivity index (χ0) is 19.9. The Morgan fingerprint density at radius 1 is 1.33 bits per heavy atom. The Balaban J connectivity index is 2.02. The van der Waals surface area contributed by atoms with E-state index in [0.29, 0.717) is 30.2 Å². The van der Waals surface area contributed by atoms with Crippen LogP contribution in [0.15, 0.2) is 18.2 Å². The topological polar surface area (TPSA) is 109 Å². The van der Waals surface area contributed by atoms with Crippen molar-refractivity contribution in [1.82, 2.24) is 9.62 Å². The van der Waals surface area contributed by atoms with Gasteiger partial charge in [-0.3, -0.25) is 4.79 Å². The van der Waals surface area contributed by atoms with Crippen LogP contribution in [0.5, 0.6) is 11.5 Å². The number of hydrogen-bond acceptors (Lipinski definition) is 6. The molecular weight excluding hydrogens is 370 g/mol. The van der Waals surface area contributed by atoms with Crippen LogP contribution in [0.1, 0.15) is 31.7 Å². The number of likely N-dealkylation sites (tertiary alicyclic amines) is 1. The summed E-state index contributed by atoms with van der Waals surface area (Å²) in [4.78, 5) is 14.3. The van der Waals surface area contributed by atoms with Crippen molar-refractivity contribution in [2.75, 3.05) is 32.6 Å². The molecule has 8 nitrogen and oxygen atoms in total. The molecule has 0 aliphatic carbocycles. The SMILES string of the molecule is CCOc1cc(C#N)ccc1OCC(=O)N1CCCCC1CNS(C)(=O)=O. The van der Waals surface area contributed by atoms with Gasteiger partial charge in [0.25, 0.3) is 5.91 Å². The van der Waals surface area contributed by atoms with Gasteiger partial charge in [0.05, 0.1) is 24.5 Å². The summed E-state index contributed by atoms with van der Waals surface area (Å²) < 4.78 is 36.3. The smallest absolute Gasteiger partial charge is 0.260 e. The van der Waals surface area contributed by atoms with Gasteiger partial charge in [-0.2, -0.15) is 5.26 Å². The summed E-state index contributed by atoms with van der Waals surface area (Å²) in [5, 5.41) is 8.99. The van der Waals surface area contributed by atoms with Gasteiger partial charge in [-0.25, -0.2) is 13.1 Å². The quantitative estimate of drug-likeness (QED) is 0.710. The zero-order valence-corrected chi connectivity index (χ0v) is 16.4. The molecule has 2 rings (SSSR count). The molecule has 1 aliphatic rings. The number of amides is 1. The van der Waals surface area contributed by atoms with Crippen LogP contribution < -0.4 is 14.2 Å². The first-order valence-electron chi connectivity index (χ1n) is 8.88. The predicted molar refractivity (Wildman–Crippen MR) is 100 cm³/mol. The van der Waals surface area contributed by atoms with Crippen LogP contribution >= 0.6 is 0 Å². The highest BCUT2D eigenvalue weighted by Crippen LogP contribution is 2.28. The Bertz CT molecular complexity index is 804. The lowest BCUT2D eigenvalue weighted by Crippen LogP contribution is -2.50. The Hall–Kier alpha value is -2.31. The van der Waals surface area contributed by atoms with Crippen LogP contribution in [0, 0.1) is 11.3 Å². The highest BCUT2D eigenvalue weighted by molar-refractivity contribution is 7.88. The zero-order valence-electron chi connectivity index (χ0n) is 15.6. The molecule has 1 atom stereocenters. The van der Waals surface area contributed by atoms with Crippen molar-refractivity contribution in [2.24, 2.45) is 0 Å². The summed E-state index contributed by atoms with van der Waals surface area (Å²) in [5.74, 6) is 0.604. The number of carbonyl (C=O) groups is 1. The summed E-state index contributed by atoms with van der Waals surface area (Å²) in [6.45, 7) is 2.82. The molecule has 148 valence electrons. The van der Waals surface area contributed by atoms with Gasteiger partial charge in [0, 0.05) is 25.2 Å². The maximum absolute atomic E-state index is 12.6. The van der Waals surface area contributed by atoms with Crippen LogP contribution in [0.4, 0.5) is 0 Å². The van der Waals surface area contributed by atoms with E-state index in [0.717, 1.165) is 25.5 Å². The molecule has 1 aromatic rings. The third-order valence-electron chi connectivity index (χ3n) is 4.25. The highest BCUT2D eigenvalue weighted by atomic mass is 32.2. The van der Waals surface area contributed by atoms with Gasteiger partial charge in [0.2, 0.25) is 10.0 Å². The van der Waals surface area contributed by atoms with E-state index in [-0.39, 0.29) is 25.1 Å². The number of hydrogen-bond donors (Lipinski definition) is 1. The average Bonchev–Trinajstić information content (AvgIpc) is 2.65. The van der Waals surface area contributed by atoms with E-state index in [9.17, 15) is 13.2 Å². The van der Waals surface area contributed by atoms with E-state index in [1.807, 2.05) is 13.0 Å². The highest BCUT2D eigenvalue weighted by Gasteiger charge is 2.27. The number of nitriles is 1. The number of benzene rings is 1. The lowest BCUT2D eigenvalue weighted by molar-refractivity contribution is -0.136. The normalized spacial score (nSPS) is 17.2. The lowest BCUT2D eigenvalue weighted by atomic mass is 10.0. The summed E-state index contributed by atoms with van der Waals surface area (Å²) in [7, 11) is -3.31. The molecule has 9 heteroatoms. The molecule has 1 aromatic carbocycles. The molecule has 0 aromatic heterocycles. The minimum absolute atomic E-state index is 0.179. The van der Waals surface area contributed by atoms with Crippen LogP contribution in [0.2, 0.25) is 0 Å². The van der Waals surface area contributed by atoms with Crippen LogP contribution in [-0.2, 0) is 14.8 Å². The van der Waals surface area contributed by atoms with E-state index in [1.54, 1.807) is 23.1 Å². The maximum Gasteiger partial charge on any atom is 0.260 e. The van der Waals surface area contributed by atoms with E-state index < -0.39 is 10.0 Å². The van der Waals surface area contributed by atoms with Gasteiger partial charge in [0.15, 0.2) is 18.1 Å². The van der Waals surface area contributed by atoms with Crippen LogP contribution in [0.3, 0.4) is 0 Å². The van der Waals surface area contributed by atoms with Crippen molar-refractivity contribution in [3.05, 3.63) is 23.8 Å². The Kier molecular flexibility index (Phi) is 7.45. The summed E-state index contributed by atoms with van der Waals surface area (Å²) in [6.07, 6.45) is 3.67. The largest absolute Gasteiger partial charge is 0.490 e. The van der Waals surface area contributed by atoms with Crippen LogP contribution in [-0.4, -0.2) is 57.8 Å². The minimum atomic E-state index is -3.31. The first-order chi connectivity index (χ1) is 12.8. The van der Waals surface area contributed by atoms with E-state index >= 15 is 0 Å². The summed E-state index contributed by atoms with van der Waals surface area (Å²) in [5.41, 5.74) is 0.445. The van der Waals surface area contributed by atoms with Crippen molar-refractivity contribution in [1.29, 1.82) is 5.26 Å². The van der Waals surface area contributed by atoms with Gasteiger partial charge >= 0.3 is 0 Å². The first-order valence-corrected chi connectivity index (χ1v) is 10.8. The Labute approximate surface area is 160 Å². The number of piperidine rings is 1. The molecule has 1 N–H and O–H groups in total. The first kappa shape index (κ1) is 21.0. The van der Waals surface area contributed by atoms with E-state index in [4.69, 9.17) is 14.7 Å². The van der Waals surface area contributed by atoms with Crippen LogP contribution in [0.25, 0.3) is 0 Å². The maximum atomic E-state index is 12.6. The van der Waals surface area contributed by atoms with Gasteiger partial charge in [0.1, 0.15) is 0 Å².